The number of hydrogen-bond acceptors (Lipinski definition) is 8. The van der Waals surface area contributed by atoms with Gasteiger partial charge in [0.2, 0.25) is 0 Å². The van der Waals surface area contributed by atoms with Crippen molar-refractivity contribution in [3.8, 4) is 11.1 Å². The highest BCUT2D eigenvalue weighted by atomic mass is 32.2. The average Bonchev–Trinajstić information content (AvgIpc) is 3.66. The van der Waals surface area contributed by atoms with Gasteiger partial charge in [0.1, 0.15) is 17.1 Å². The Morgan fingerprint density at radius 3 is 2.52 bits per heavy atom. The van der Waals surface area contributed by atoms with Crippen molar-refractivity contribution >= 4 is 33.6 Å². The number of aliphatic imine (C=N–C) groups is 1. The summed E-state index contributed by atoms with van der Waals surface area (Å²) in [5, 5.41) is 3.82. The molecule has 1 amide bonds. The molecule has 1 aliphatic heterocycles. The lowest BCUT2D eigenvalue weighted by molar-refractivity contribution is -0.131. The van der Waals surface area contributed by atoms with E-state index in [0.717, 1.165) is 49.9 Å². The number of aryl methyl sites for hydroxylation is 1. The van der Waals surface area contributed by atoms with Crippen molar-refractivity contribution in [3.05, 3.63) is 64.9 Å². The van der Waals surface area contributed by atoms with Crippen LogP contribution in [0.15, 0.2) is 56.9 Å². The Kier molecular flexibility index (Phi) is 8.23. The summed E-state index contributed by atoms with van der Waals surface area (Å²) < 4.78 is 39.8. The molecule has 1 spiro atoms. The third kappa shape index (κ3) is 5.45. The number of anilines is 1. The molecule has 1 aliphatic carbocycles. The maximum absolute atomic E-state index is 13.6. The van der Waals surface area contributed by atoms with Crippen LogP contribution in [0.25, 0.3) is 11.1 Å². The number of unbranched alkanes of at least 4 members (excludes halogenated alkanes) is 1. The van der Waals surface area contributed by atoms with Gasteiger partial charge in [-0.15, -0.1) is 0 Å². The molecule has 0 bridgehead atoms. The zero-order valence-corrected chi connectivity index (χ0v) is 25.2. The van der Waals surface area contributed by atoms with E-state index in [1.807, 2.05) is 6.07 Å². The van der Waals surface area contributed by atoms with Crippen molar-refractivity contribution in [1.29, 1.82) is 0 Å². The number of hydrogen-bond donors (Lipinski definition) is 1. The normalized spacial score (nSPS) is 16.2. The monoisotopic (exact) mass is 592 g/mol. The van der Waals surface area contributed by atoms with Gasteiger partial charge < -0.3 is 9.26 Å². The molecule has 0 atom stereocenters. The van der Waals surface area contributed by atoms with Crippen LogP contribution in [0, 0.1) is 13.8 Å². The molecule has 0 radical (unpaired) electrons. The quantitative estimate of drug-likeness (QED) is 0.295. The van der Waals surface area contributed by atoms with Crippen LogP contribution in [0.5, 0.6) is 0 Å². The standard InChI is InChI=1S/C31H36N4O6S/c1-5-6-13-27-32-31(16-9-10-17-31)30(37)35(27)19-22-14-15-23(25(18-22)29(36)40-4)24-11-7-8-12-26(24)42(38,39)34-28-20(2)21(3)41-33-28/h7-8,11-12,14-15,18H,5-6,9-10,13,16-17,19H2,1-4H3,(H,33,34). The van der Waals surface area contributed by atoms with Gasteiger partial charge in [0.15, 0.2) is 5.82 Å². The number of methoxy groups -OCH3 is 1. The van der Waals surface area contributed by atoms with Gasteiger partial charge in [-0.25, -0.2) is 13.2 Å². The molecule has 1 fully saturated rings. The third-order valence-corrected chi connectivity index (χ3v) is 9.56. The van der Waals surface area contributed by atoms with Crippen LogP contribution in [-0.4, -0.2) is 48.8 Å². The zero-order chi connectivity index (χ0) is 30.1. The molecule has 3 aromatic rings. The van der Waals surface area contributed by atoms with E-state index < -0.39 is 21.5 Å². The highest BCUT2D eigenvalue weighted by Crippen LogP contribution is 2.40. The molecule has 10 nitrogen and oxygen atoms in total. The molecule has 1 aromatic heterocycles. The molecule has 0 saturated heterocycles. The SMILES string of the molecule is CCCCC1=NC2(CCCC2)C(=O)N1Cc1ccc(-c2ccccc2S(=O)(=O)Nc2noc(C)c2C)c(C(=O)OC)c1. The van der Waals surface area contributed by atoms with Crippen molar-refractivity contribution in [3.63, 3.8) is 0 Å². The predicted molar refractivity (Wildman–Crippen MR) is 159 cm³/mol. The molecule has 1 saturated carbocycles. The number of nitrogens with one attached hydrogen (secondary N) is 1. The number of amides is 1. The van der Waals surface area contributed by atoms with Crippen LogP contribution in [0.4, 0.5) is 5.82 Å². The third-order valence-electron chi connectivity index (χ3n) is 8.17. The fraction of sp³-hybridized carbons (Fsp3) is 0.419. The average molecular weight is 593 g/mol. The van der Waals surface area contributed by atoms with E-state index in [-0.39, 0.29) is 28.7 Å². The molecular weight excluding hydrogens is 556 g/mol. The smallest absolute Gasteiger partial charge is 0.338 e. The number of rotatable bonds is 10. The van der Waals surface area contributed by atoms with E-state index >= 15 is 0 Å². The van der Waals surface area contributed by atoms with Crippen LogP contribution in [0.1, 0.15) is 79.1 Å². The molecule has 11 heteroatoms. The minimum atomic E-state index is -4.11. The Bertz CT molecular complexity index is 1650. The number of amidine groups is 1. The first kappa shape index (κ1) is 29.5. The number of ether oxygens (including phenoxy) is 1. The summed E-state index contributed by atoms with van der Waals surface area (Å²) >= 11 is 0. The largest absolute Gasteiger partial charge is 0.465 e. The fourth-order valence-corrected chi connectivity index (χ4v) is 6.98. The van der Waals surface area contributed by atoms with E-state index in [2.05, 4.69) is 16.8 Å². The van der Waals surface area contributed by atoms with Crippen LogP contribution in [-0.2, 0) is 26.1 Å². The van der Waals surface area contributed by atoms with Crippen LogP contribution >= 0.6 is 0 Å². The Hall–Kier alpha value is -3.99. The second-order valence-corrected chi connectivity index (χ2v) is 12.6. The highest BCUT2D eigenvalue weighted by molar-refractivity contribution is 7.92. The minimum absolute atomic E-state index is 0.0238. The maximum Gasteiger partial charge on any atom is 0.338 e. The molecule has 2 aliphatic rings. The predicted octanol–water partition coefficient (Wildman–Crippen LogP) is 5.79. The number of nitrogens with zero attached hydrogens (tertiary/aromatic N) is 3. The first-order chi connectivity index (χ1) is 20.1. The molecular formula is C31H36N4O6S. The van der Waals surface area contributed by atoms with Gasteiger partial charge in [-0.2, -0.15) is 0 Å². The van der Waals surface area contributed by atoms with Gasteiger partial charge in [-0.3, -0.25) is 19.4 Å². The first-order valence-electron chi connectivity index (χ1n) is 14.3. The summed E-state index contributed by atoms with van der Waals surface area (Å²) in [6.07, 6.45) is 6.12. The summed E-state index contributed by atoms with van der Waals surface area (Å²) in [5.74, 6) is 0.809. The topological polar surface area (TPSA) is 131 Å². The van der Waals surface area contributed by atoms with Crippen LogP contribution in [0.3, 0.4) is 0 Å². The lowest BCUT2D eigenvalue weighted by Crippen LogP contribution is -2.40. The molecule has 2 heterocycles. The summed E-state index contributed by atoms with van der Waals surface area (Å²) in [6.45, 7) is 5.78. The zero-order valence-electron chi connectivity index (χ0n) is 24.4. The number of benzene rings is 2. The van der Waals surface area contributed by atoms with Gasteiger partial charge in [0.05, 0.1) is 24.1 Å². The van der Waals surface area contributed by atoms with Crippen molar-refractivity contribution in [2.24, 2.45) is 4.99 Å². The van der Waals surface area contributed by atoms with E-state index in [1.165, 1.54) is 13.2 Å². The first-order valence-corrected chi connectivity index (χ1v) is 15.8. The molecule has 1 N–H and O–H groups in total. The fourth-order valence-electron chi connectivity index (χ4n) is 5.70. The molecule has 0 unspecified atom stereocenters. The lowest BCUT2D eigenvalue weighted by Gasteiger charge is -2.23. The van der Waals surface area contributed by atoms with Crippen molar-refractivity contribution in [2.45, 2.75) is 82.7 Å². The Morgan fingerprint density at radius 2 is 1.86 bits per heavy atom. The molecule has 42 heavy (non-hydrogen) atoms. The van der Waals surface area contributed by atoms with E-state index in [4.69, 9.17) is 14.3 Å². The van der Waals surface area contributed by atoms with E-state index in [0.29, 0.717) is 28.9 Å². The summed E-state index contributed by atoms with van der Waals surface area (Å²) in [7, 11) is -2.83. The van der Waals surface area contributed by atoms with E-state index in [1.54, 1.807) is 49.1 Å². The number of esters is 1. The van der Waals surface area contributed by atoms with Gasteiger partial charge in [-0.1, -0.05) is 61.7 Å². The summed E-state index contributed by atoms with van der Waals surface area (Å²) in [5.41, 5.74) is 1.55. The van der Waals surface area contributed by atoms with Gasteiger partial charge in [0, 0.05) is 17.5 Å². The number of carbonyl (C=O) groups is 2. The molecule has 222 valence electrons. The van der Waals surface area contributed by atoms with Crippen molar-refractivity contribution in [1.82, 2.24) is 10.1 Å². The second kappa shape index (κ2) is 11.7. The second-order valence-electron chi connectivity index (χ2n) is 10.9. The summed E-state index contributed by atoms with van der Waals surface area (Å²) in [6, 6.07) is 11.6. The van der Waals surface area contributed by atoms with Gasteiger partial charge in [0.25, 0.3) is 15.9 Å². The van der Waals surface area contributed by atoms with Crippen LogP contribution < -0.4 is 4.72 Å². The number of aromatic nitrogens is 1. The van der Waals surface area contributed by atoms with Crippen LogP contribution in [0.2, 0.25) is 0 Å². The Labute approximate surface area is 246 Å². The van der Waals surface area contributed by atoms with Gasteiger partial charge in [-0.05, 0) is 56.4 Å². The highest BCUT2D eigenvalue weighted by Gasteiger charge is 2.49. The minimum Gasteiger partial charge on any atom is -0.465 e. The maximum atomic E-state index is 13.6. The van der Waals surface area contributed by atoms with Gasteiger partial charge >= 0.3 is 5.97 Å². The van der Waals surface area contributed by atoms with Crippen molar-refractivity contribution < 1.29 is 27.3 Å². The Balaban J connectivity index is 1.51. The molecule has 2 aromatic carbocycles. The number of carbonyl (C=O) groups excluding carboxylic acids is 2. The summed E-state index contributed by atoms with van der Waals surface area (Å²) in [4.78, 5) is 33.4. The number of sulfonamides is 1. The lowest BCUT2D eigenvalue weighted by atomic mass is 9.96. The Morgan fingerprint density at radius 1 is 1.12 bits per heavy atom. The molecule has 5 rings (SSSR count). The van der Waals surface area contributed by atoms with E-state index in [9.17, 15) is 18.0 Å². The van der Waals surface area contributed by atoms with Crippen molar-refractivity contribution in [2.75, 3.05) is 11.8 Å².